The van der Waals surface area contributed by atoms with E-state index in [1.54, 1.807) is 0 Å². The molecule has 1 aliphatic carbocycles. The molecular weight excluding hydrogens is 262 g/mol. The highest BCUT2D eigenvalue weighted by atomic mass is 16.4. The summed E-state index contributed by atoms with van der Waals surface area (Å²) in [5.41, 5.74) is 9.95. The average molecular weight is 289 g/mol. The van der Waals surface area contributed by atoms with Gasteiger partial charge in [-0.1, -0.05) is 37.5 Å². The van der Waals surface area contributed by atoms with Crippen molar-refractivity contribution in [2.75, 3.05) is 0 Å². The Balaban J connectivity index is 2.15. The summed E-state index contributed by atoms with van der Waals surface area (Å²) in [5.74, 6) is -0.691. The van der Waals surface area contributed by atoms with Gasteiger partial charge in [0.15, 0.2) is 0 Å². The normalized spacial score (nSPS) is 19.2. The van der Waals surface area contributed by atoms with Crippen LogP contribution in [0.4, 0.5) is 0 Å². The van der Waals surface area contributed by atoms with Gasteiger partial charge >= 0.3 is 5.97 Å². The molecule has 1 saturated carbocycles. The fraction of sp³-hybridized carbons (Fsp3) is 0.611. The number of carbonyl (C=O) groups is 1. The standard InChI is InChI=1S/C18H27NO2/c1-13-6-7-15(10-14(13)2)16(19)11-18(12-17(20)21)8-4-3-5-9-18/h6-7,10,16H,3-5,8-9,11-12,19H2,1-2H3,(H,20,21). The molecule has 0 amide bonds. The van der Waals surface area contributed by atoms with Crippen molar-refractivity contribution in [1.82, 2.24) is 0 Å². The molecule has 0 radical (unpaired) electrons. The zero-order valence-corrected chi connectivity index (χ0v) is 13.2. The van der Waals surface area contributed by atoms with Crippen LogP contribution in [0.3, 0.4) is 0 Å². The molecule has 0 aromatic heterocycles. The van der Waals surface area contributed by atoms with Gasteiger partial charge in [-0.3, -0.25) is 4.79 Å². The quantitative estimate of drug-likeness (QED) is 0.857. The van der Waals surface area contributed by atoms with Gasteiger partial charge in [-0.15, -0.1) is 0 Å². The summed E-state index contributed by atoms with van der Waals surface area (Å²) in [6.45, 7) is 4.19. The molecule has 1 unspecified atom stereocenters. The lowest BCUT2D eigenvalue weighted by Crippen LogP contribution is -2.31. The van der Waals surface area contributed by atoms with Crippen LogP contribution in [0.5, 0.6) is 0 Å². The highest BCUT2D eigenvalue weighted by Crippen LogP contribution is 2.45. The number of aryl methyl sites for hydroxylation is 2. The molecule has 1 aromatic rings. The zero-order chi connectivity index (χ0) is 15.5. The SMILES string of the molecule is Cc1ccc(C(N)CC2(CC(=O)O)CCCCC2)cc1C. The molecule has 0 bridgehead atoms. The molecule has 1 aromatic carbocycles. The minimum absolute atomic E-state index is 0.0678. The Bertz CT molecular complexity index is 504. The Kier molecular flexibility index (Phi) is 5.04. The number of rotatable bonds is 5. The van der Waals surface area contributed by atoms with Crippen LogP contribution in [0.25, 0.3) is 0 Å². The molecule has 1 atom stereocenters. The first-order valence-corrected chi connectivity index (χ1v) is 7.96. The summed E-state index contributed by atoms with van der Waals surface area (Å²) in [5, 5.41) is 9.25. The molecule has 0 heterocycles. The fourth-order valence-electron chi connectivity index (χ4n) is 3.66. The molecule has 1 fully saturated rings. The Labute approximate surface area is 127 Å². The minimum atomic E-state index is -0.691. The average Bonchev–Trinajstić information content (AvgIpc) is 2.41. The third-order valence-electron chi connectivity index (χ3n) is 5.05. The Morgan fingerprint density at radius 2 is 1.90 bits per heavy atom. The van der Waals surface area contributed by atoms with E-state index in [1.165, 1.54) is 17.5 Å². The number of hydrogen-bond acceptors (Lipinski definition) is 2. The van der Waals surface area contributed by atoms with Gasteiger partial charge in [-0.2, -0.15) is 0 Å². The number of carboxylic acids is 1. The van der Waals surface area contributed by atoms with Crippen molar-refractivity contribution in [3.8, 4) is 0 Å². The van der Waals surface area contributed by atoms with Crippen molar-refractivity contribution in [3.63, 3.8) is 0 Å². The van der Waals surface area contributed by atoms with Gasteiger partial charge in [-0.05, 0) is 55.2 Å². The molecule has 0 saturated heterocycles. The number of aliphatic carboxylic acids is 1. The van der Waals surface area contributed by atoms with Gasteiger partial charge < -0.3 is 10.8 Å². The van der Waals surface area contributed by atoms with Crippen molar-refractivity contribution < 1.29 is 9.90 Å². The van der Waals surface area contributed by atoms with Gasteiger partial charge in [0.25, 0.3) is 0 Å². The summed E-state index contributed by atoms with van der Waals surface area (Å²) in [7, 11) is 0. The van der Waals surface area contributed by atoms with Crippen molar-refractivity contribution in [2.45, 2.75) is 64.8 Å². The first-order valence-electron chi connectivity index (χ1n) is 7.96. The molecule has 0 spiro atoms. The second kappa shape index (κ2) is 6.61. The van der Waals surface area contributed by atoms with Crippen LogP contribution in [-0.4, -0.2) is 11.1 Å². The molecule has 0 aliphatic heterocycles. The lowest BCUT2D eigenvalue weighted by atomic mass is 9.67. The van der Waals surface area contributed by atoms with E-state index in [0.29, 0.717) is 0 Å². The summed E-state index contributed by atoms with van der Waals surface area (Å²) < 4.78 is 0. The van der Waals surface area contributed by atoms with E-state index in [-0.39, 0.29) is 17.9 Å². The van der Waals surface area contributed by atoms with Crippen LogP contribution in [-0.2, 0) is 4.79 Å². The maximum atomic E-state index is 11.2. The van der Waals surface area contributed by atoms with E-state index < -0.39 is 5.97 Å². The predicted octanol–water partition coefficient (Wildman–Crippen LogP) is 4.12. The van der Waals surface area contributed by atoms with Crippen molar-refractivity contribution in [2.24, 2.45) is 11.1 Å². The van der Waals surface area contributed by atoms with Crippen molar-refractivity contribution >= 4 is 5.97 Å². The zero-order valence-electron chi connectivity index (χ0n) is 13.2. The van der Waals surface area contributed by atoms with Gasteiger partial charge in [0.2, 0.25) is 0 Å². The van der Waals surface area contributed by atoms with Gasteiger partial charge in [-0.25, -0.2) is 0 Å². The van der Waals surface area contributed by atoms with Crippen molar-refractivity contribution in [1.29, 1.82) is 0 Å². The van der Waals surface area contributed by atoms with Crippen LogP contribution in [0.15, 0.2) is 18.2 Å². The maximum absolute atomic E-state index is 11.2. The third kappa shape index (κ3) is 4.07. The number of nitrogens with two attached hydrogens (primary N) is 1. The summed E-state index contributed by atoms with van der Waals surface area (Å²) in [4.78, 5) is 11.2. The van der Waals surface area contributed by atoms with E-state index in [1.807, 2.05) is 0 Å². The Morgan fingerprint density at radius 3 is 2.48 bits per heavy atom. The Hall–Kier alpha value is -1.35. The van der Waals surface area contributed by atoms with E-state index >= 15 is 0 Å². The van der Waals surface area contributed by atoms with Crippen LogP contribution < -0.4 is 5.73 Å². The second-order valence-corrected chi connectivity index (χ2v) is 6.79. The first kappa shape index (κ1) is 16.0. The van der Waals surface area contributed by atoms with Crippen molar-refractivity contribution in [3.05, 3.63) is 34.9 Å². The van der Waals surface area contributed by atoms with E-state index in [4.69, 9.17) is 5.73 Å². The van der Waals surface area contributed by atoms with Crippen LogP contribution in [0.1, 0.15) is 67.7 Å². The molecule has 3 heteroatoms. The highest BCUT2D eigenvalue weighted by molar-refractivity contribution is 5.67. The lowest BCUT2D eigenvalue weighted by Gasteiger charge is -2.38. The van der Waals surface area contributed by atoms with Crippen LogP contribution >= 0.6 is 0 Å². The van der Waals surface area contributed by atoms with Gasteiger partial charge in [0.1, 0.15) is 0 Å². The number of benzene rings is 1. The monoisotopic (exact) mass is 289 g/mol. The van der Waals surface area contributed by atoms with E-state index in [9.17, 15) is 9.90 Å². The maximum Gasteiger partial charge on any atom is 0.303 e. The third-order valence-corrected chi connectivity index (χ3v) is 5.05. The molecule has 3 N–H and O–H groups in total. The fourth-order valence-corrected chi connectivity index (χ4v) is 3.66. The smallest absolute Gasteiger partial charge is 0.303 e. The minimum Gasteiger partial charge on any atom is -0.481 e. The highest BCUT2D eigenvalue weighted by Gasteiger charge is 2.36. The molecular formula is C18H27NO2. The van der Waals surface area contributed by atoms with Gasteiger partial charge in [0.05, 0.1) is 6.42 Å². The molecule has 2 rings (SSSR count). The summed E-state index contributed by atoms with van der Waals surface area (Å²) in [6.07, 6.45) is 6.52. The topological polar surface area (TPSA) is 63.3 Å². The second-order valence-electron chi connectivity index (χ2n) is 6.79. The van der Waals surface area contributed by atoms with Crippen LogP contribution in [0, 0.1) is 19.3 Å². The number of hydrogen-bond donors (Lipinski definition) is 2. The predicted molar refractivity (Wildman–Crippen MR) is 85.2 cm³/mol. The van der Waals surface area contributed by atoms with Gasteiger partial charge in [0, 0.05) is 6.04 Å². The molecule has 21 heavy (non-hydrogen) atoms. The van der Waals surface area contributed by atoms with E-state index in [2.05, 4.69) is 32.0 Å². The molecule has 3 nitrogen and oxygen atoms in total. The number of carboxylic acid groups (broad SMARTS) is 1. The lowest BCUT2D eigenvalue weighted by molar-refractivity contribution is -0.140. The largest absolute Gasteiger partial charge is 0.481 e. The first-order chi connectivity index (χ1) is 9.92. The summed E-state index contributed by atoms with van der Waals surface area (Å²) in [6, 6.07) is 6.28. The Morgan fingerprint density at radius 1 is 1.24 bits per heavy atom. The van der Waals surface area contributed by atoms with E-state index in [0.717, 1.165) is 37.7 Å². The molecule has 1 aliphatic rings. The van der Waals surface area contributed by atoms with Crippen LogP contribution in [0.2, 0.25) is 0 Å². The summed E-state index contributed by atoms with van der Waals surface area (Å²) >= 11 is 0. The molecule has 116 valence electrons.